The van der Waals surface area contributed by atoms with Crippen LogP contribution < -0.4 is 4.74 Å². The Morgan fingerprint density at radius 2 is 2.29 bits per heavy atom. The van der Waals surface area contributed by atoms with Gasteiger partial charge < -0.3 is 4.74 Å². The second-order valence-corrected chi connectivity index (χ2v) is 4.80. The van der Waals surface area contributed by atoms with Crippen molar-refractivity contribution in [1.82, 2.24) is 9.97 Å². The van der Waals surface area contributed by atoms with E-state index in [1.165, 1.54) is 38.1 Å². The summed E-state index contributed by atoms with van der Waals surface area (Å²) in [4.78, 5) is 7.97. The zero-order chi connectivity index (χ0) is 12.1. The first-order valence-corrected chi connectivity index (χ1v) is 6.13. The molecule has 1 aromatic heterocycles. The first-order valence-electron chi connectivity index (χ1n) is 6.13. The van der Waals surface area contributed by atoms with Crippen LogP contribution in [0.5, 0.6) is 5.88 Å². The second-order valence-electron chi connectivity index (χ2n) is 4.80. The van der Waals surface area contributed by atoms with E-state index in [4.69, 9.17) is 10.00 Å². The number of aromatic nitrogens is 2. The van der Waals surface area contributed by atoms with E-state index in [0.717, 1.165) is 5.92 Å². The fraction of sp³-hybridized carbons (Fsp3) is 0.615. The third-order valence-electron chi connectivity index (χ3n) is 3.25. The van der Waals surface area contributed by atoms with Crippen LogP contribution in [0.2, 0.25) is 0 Å². The minimum atomic E-state index is 0.323. The SMILES string of the molecule is CC1CCCC(COc2cnc(C#N)cn2)C1. The first kappa shape index (κ1) is 11.8. The molecule has 0 amide bonds. The maximum atomic E-state index is 8.60. The van der Waals surface area contributed by atoms with Gasteiger partial charge in [-0.15, -0.1) is 0 Å². The van der Waals surface area contributed by atoms with Gasteiger partial charge in [0.15, 0.2) is 5.69 Å². The van der Waals surface area contributed by atoms with Gasteiger partial charge in [-0.25, -0.2) is 9.97 Å². The monoisotopic (exact) mass is 231 g/mol. The lowest BCUT2D eigenvalue weighted by Gasteiger charge is -2.26. The molecule has 0 spiro atoms. The van der Waals surface area contributed by atoms with Gasteiger partial charge in [0, 0.05) is 0 Å². The van der Waals surface area contributed by atoms with Crippen molar-refractivity contribution in [3.63, 3.8) is 0 Å². The van der Waals surface area contributed by atoms with Gasteiger partial charge in [-0.1, -0.05) is 19.8 Å². The molecule has 1 fully saturated rings. The van der Waals surface area contributed by atoms with E-state index in [2.05, 4.69) is 16.9 Å². The van der Waals surface area contributed by atoms with Crippen molar-refractivity contribution in [3.05, 3.63) is 18.1 Å². The highest BCUT2D eigenvalue weighted by molar-refractivity contribution is 5.18. The molecule has 4 nitrogen and oxygen atoms in total. The number of rotatable bonds is 3. The number of hydrogen-bond donors (Lipinski definition) is 0. The molecule has 2 atom stereocenters. The molecule has 0 aliphatic heterocycles. The lowest BCUT2D eigenvalue weighted by Crippen LogP contribution is -2.20. The van der Waals surface area contributed by atoms with Crippen molar-refractivity contribution in [3.8, 4) is 11.9 Å². The molecule has 2 rings (SSSR count). The Morgan fingerprint density at radius 3 is 2.94 bits per heavy atom. The molecule has 1 heterocycles. The zero-order valence-corrected chi connectivity index (χ0v) is 10.1. The average molecular weight is 231 g/mol. The molecular weight excluding hydrogens is 214 g/mol. The molecule has 0 aromatic carbocycles. The molecule has 0 bridgehead atoms. The van der Waals surface area contributed by atoms with E-state index in [1.807, 2.05) is 6.07 Å². The molecule has 1 aliphatic carbocycles. The fourth-order valence-corrected chi connectivity index (χ4v) is 2.36. The van der Waals surface area contributed by atoms with Crippen LogP contribution >= 0.6 is 0 Å². The summed E-state index contributed by atoms with van der Waals surface area (Å²) in [6.07, 6.45) is 8.09. The Balaban J connectivity index is 1.83. The summed E-state index contributed by atoms with van der Waals surface area (Å²) in [6.45, 7) is 3.01. The minimum Gasteiger partial charge on any atom is -0.476 e. The van der Waals surface area contributed by atoms with Crippen LogP contribution in [-0.2, 0) is 0 Å². The van der Waals surface area contributed by atoms with Gasteiger partial charge in [0.25, 0.3) is 0 Å². The summed E-state index contributed by atoms with van der Waals surface area (Å²) >= 11 is 0. The van der Waals surface area contributed by atoms with Crippen molar-refractivity contribution < 1.29 is 4.74 Å². The fourth-order valence-electron chi connectivity index (χ4n) is 2.36. The molecule has 0 radical (unpaired) electrons. The molecule has 0 N–H and O–H groups in total. The summed E-state index contributed by atoms with van der Waals surface area (Å²) in [5, 5.41) is 8.60. The zero-order valence-electron chi connectivity index (χ0n) is 10.1. The van der Waals surface area contributed by atoms with E-state index in [-0.39, 0.29) is 0 Å². The third kappa shape index (κ3) is 3.42. The number of ether oxygens (including phenoxy) is 1. The van der Waals surface area contributed by atoms with Crippen molar-refractivity contribution in [2.45, 2.75) is 32.6 Å². The highest BCUT2D eigenvalue weighted by Gasteiger charge is 2.19. The number of nitrogens with zero attached hydrogens (tertiary/aromatic N) is 3. The highest BCUT2D eigenvalue weighted by atomic mass is 16.5. The highest BCUT2D eigenvalue weighted by Crippen LogP contribution is 2.28. The van der Waals surface area contributed by atoms with Crippen LogP contribution in [0.1, 0.15) is 38.3 Å². The average Bonchev–Trinajstić information content (AvgIpc) is 2.37. The van der Waals surface area contributed by atoms with Crippen molar-refractivity contribution >= 4 is 0 Å². The first-order chi connectivity index (χ1) is 8.28. The van der Waals surface area contributed by atoms with Gasteiger partial charge >= 0.3 is 0 Å². The minimum absolute atomic E-state index is 0.323. The van der Waals surface area contributed by atoms with Crippen LogP contribution in [0.25, 0.3) is 0 Å². The standard InChI is InChI=1S/C13H17N3O/c1-10-3-2-4-11(5-10)9-17-13-8-15-12(6-14)7-16-13/h7-8,10-11H,2-5,9H2,1H3. The van der Waals surface area contributed by atoms with Crippen LogP contribution in [0.3, 0.4) is 0 Å². The van der Waals surface area contributed by atoms with Crippen LogP contribution in [0.15, 0.2) is 12.4 Å². The van der Waals surface area contributed by atoms with E-state index >= 15 is 0 Å². The molecule has 1 aromatic rings. The Labute approximate surface area is 102 Å². The quantitative estimate of drug-likeness (QED) is 0.802. The van der Waals surface area contributed by atoms with Crippen molar-refractivity contribution in [1.29, 1.82) is 5.26 Å². The van der Waals surface area contributed by atoms with Gasteiger partial charge in [-0.3, -0.25) is 0 Å². The van der Waals surface area contributed by atoms with Crippen LogP contribution in [0, 0.1) is 23.2 Å². The van der Waals surface area contributed by atoms with E-state index in [9.17, 15) is 0 Å². The summed E-state index contributed by atoms with van der Waals surface area (Å²) in [5.41, 5.74) is 0.323. The topological polar surface area (TPSA) is 58.8 Å². The predicted molar refractivity (Wildman–Crippen MR) is 63.4 cm³/mol. The Bertz CT molecular complexity index is 396. The van der Waals surface area contributed by atoms with E-state index < -0.39 is 0 Å². The van der Waals surface area contributed by atoms with E-state index in [1.54, 1.807) is 0 Å². The summed E-state index contributed by atoms with van der Waals surface area (Å²) in [5.74, 6) is 1.96. The maximum absolute atomic E-state index is 8.60. The lowest BCUT2D eigenvalue weighted by atomic mass is 9.83. The largest absolute Gasteiger partial charge is 0.476 e. The van der Waals surface area contributed by atoms with E-state index in [0.29, 0.717) is 24.1 Å². The van der Waals surface area contributed by atoms with Crippen molar-refractivity contribution in [2.24, 2.45) is 11.8 Å². The molecule has 2 unspecified atom stereocenters. The van der Waals surface area contributed by atoms with Crippen LogP contribution in [0.4, 0.5) is 0 Å². The summed E-state index contributed by atoms with van der Waals surface area (Å²) < 4.78 is 5.61. The van der Waals surface area contributed by atoms with Gasteiger partial charge in [-0.05, 0) is 24.7 Å². The molecular formula is C13H17N3O. The lowest BCUT2D eigenvalue weighted by molar-refractivity contribution is 0.177. The van der Waals surface area contributed by atoms with Gasteiger partial charge in [0.1, 0.15) is 6.07 Å². The number of hydrogen-bond acceptors (Lipinski definition) is 4. The molecule has 1 saturated carbocycles. The summed E-state index contributed by atoms with van der Waals surface area (Å²) in [7, 11) is 0. The van der Waals surface area contributed by atoms with Crippen LogP contribution in [-0.4, -0.2) is 16.6 Å². The molecule has 90 valence electrons. The second kappa shape index (κ2) is 5.62. The third-order valence-corrected chi connectivity index (χ3v) is 3.25. The Hall–Kier alpha value is -1.63. The molecule has 1 aliphatic rings. The Kier molecular flexibility index (Phi) is 3.92. The molecule has 4 heteroatoms. The normalized spacial score (nSPS) is 24.0. The molecule has 17 heavy (non-hydrogen) atoms. The van der Waals surface area contributed by atoms with Gasteiger partial charge in [0.2, 0.25) is 5.88 Å². The van der Waals surface area contributed by atoms with Gasteiger partial charge in [-0.2, -0.15) is 5.26 Å². The summed E-state index contributed by atoms with van der Waals surface area (Å²) in [6, 6.07) is 1.94. The number of nitriles is 1. The molecule has 0 saturated heterocycles. The smallest absolute Gasteiger partial charge is 0.232 e. The maximum Gasteiger partial charge on any atom is 0.232 e. The van der Waals surface area contributed by atoms with Gasteiger partial charge in [0.05, 0.1) is 19.0 Å². The Morgan fingerprint density at radius 1 is 1.41 bits per heavy atom. The van der Waals surface area contributed by atoms with Crippen molar-refractivity contribution in [2.75, 3.05) is 6.61 Å². The predicted octanol–water partition coefficient (Wildman–Crippen LogP) is 2.55.